The van der Waals surface area contributed by atoms with E-state index < -0.39 is 0 Å². The molecule has 0 bridgehead atoms. The van der Waals surface area contributed by atoms with Crippen LogP contribution in [0.2, 0.25) is 0 Å². The summed E-state index contributed by atoms with van der Waals surface area (Å²) in [6, 6.07) is 0. The number of piperazine rings is 1. The van der Waals surface area contributed by atoms with E-state index in [1.54, 1.807) is 6.33 Å². The van der Waals surface area contributed by atoms with Crippen LogP contribution in [0, 0.1) is 5.92 Å². The third-order valence-corrected chi connectivity index (χ3v) is 4.54. The Morgan fingerprint density at radius 2 is 1.95 bits per heavy atom. The van der Waals surface area contributed by atoms with E-state index >= 15 is 0 Å². The highest BCUT2D eigenvalue weighted by molar-refractivity contribution is 5.90. The first kappa shape index (κ1) is 13.9. The molecule has 1 aliphatic heterocycles. The van der Waals surface area contributed by atoms with Gasteiger partial charge in [-0.3, -0.25) is 10.00 Å². The molecular formula is C16H23N6. The molecule has 2 aliphatic rings. The third-order valence-electron chi connectivity index (χ3n) is 4.54. The van der Waals surface area contributed by atoms with E-state index in [1.165, 1.54) is 24.5 Å². The van der Waals surface area contributed by atoms with Crippen LogP contribution in [0.5, 0.6) is 0 Å². The normalized spacial score (nSPS) is 20.2. The number of fused-ring (bicyclic) bond motifs is 1. The second-order valence-electron chi connectivity index (χ2n) is 6.77. The fourth-order valence-electron chi connectivity index (χ4n) is 3.32. The van der Waals surface area contributed by atoms with Crippen LogP contribution in [0.4, 0.5) is 5.82 Å². The minimum Gasteiger partial charge on any atom is -0.353 e. The number of rotatable bonds is 4. The lowest BCUT2D eigenvalue weighted by Gasteiger charge is -2.36. The van der Waals surface area contributed by atoms with Gasteiger partial charge < -0.3 is 4.90 Å². The van der Waals surface area contributed by atoms with Gasteiger partial charge in [0, 0.05) is 38.6 Å². The molecule has 1 saturated carbocycles. The summed E-state index contributed by atoms with van der Waals surface area (Å²) < 4.78 is 0. The van der Waals surface area contributed by atoms with Crippen molar-refractivity contribution >= 4 is 16.9 Å². The molecule has 0 unspecified atom stereocenters. The fraction of sp³-hybridized carbons (Fsp3) is 0.625. The number of nitrogens with zero attached hydrogens (tertiary/aromatic N) is 5. The van der Waals surface area contributed by atoms with Crippen LogP contribution < -0.4 is 4.90 Å². The molecule has 6 nitrogen and oxygen atoms in total. The summed E-state index contributed by atoms with van der Waals surface area (Å²) in [4.78, 5) is 13.9. The molecule has 0 amide bonds. The molecule has 1 N–H and O–H groups in total. The van der Waals surface area contributed by atoms with Gasteiger partial charge in [0.05, 0.1) is 11.1 Å². The zero-order chi connectivity index (χ0) is 15.1. The van der Waals surface area contributed by atoms with Crippen LogP contribution in [0.1, 0.15) is 38.3 Å². The Hall–Kier alpha value is -1.69. The summed E-state index contributed by atoms with van der Waals surface area (Å²) >= 11 is 0. The molecule has 1 radical (unpaired) electrons. The lowest BCUT2D eigenvalue weighted by atomic mass is 10.1. The molecular weight excluding hydrogens is 276 g/mol. The predicted molar refractivity (Wildman–Crippen MR) is 86.9 cm³/mol. The Balaban J connectivity index is 1.58. The molecule has 1 aliphatic carbocycles. The first-order valence-corrected chi connectivity index (χ1v) is 8.17. The van der Waals surface area contributed by atoms with Crippen LogP contribution in [0.15, 0.2) is 6.33 Å². The van der Waals surface area contributed by atoms with Crippen LogP contribution in [-0.4, -0.2) is 57.8 Å². The van der Waals surface area contributed by atoms with E-state index in [1.807, 2.05) is 0 Å². The molecule has 2 aromatic rings. The van der Waals surface area contributed by atoms with Gasteiger partial charge in [-0.05, 0) is 18.8 Å². The highest BCUT2D eigenvalue weighted by Crippen LogP contribution is 2.43. The number of hydrogen-bond donors (Lipinski definition) is 1. The van der Waals surface area contributed by atoms with E-state index in [4.69, 9.17) is 0 Å². The Labute approximate surface area is 130 Å². The van der Waals surface area contributed by atoms with Crippen LogP contribution >= 0.6 is 0 Å². The van der Waals surface area contributed by atoms with Crippen molar-refractivity contribution in [3.8, 4) is 0 Å². The first-order chi connectivity index (χ1) is 10.7. The van der Waals surface area contributed by atoms with Gasteiger partial charge in [0.2, 0.25) is 0 Å². The molecule has 0 spiro atoms. The van der Waals surface area contributed by atoms with Gasteiger partial charge in [-0.25, -0.2) is 9.97 Å². The number of hydrogen-bond acceptors (Lipinski definition) is 5. The fourth-order valence-corrected chi connectivity index (χ4v) is 3.32. The first-order valence-electron chi connectivity index (χ1n) is 8.17. The SMILES string of the molecule is C[C](C)CN1CCN(c2ncnc3[nH]nc(C4CC4)c23)CC1. The zero-order valence-electron chi connectivity index (χ0n) is 13.3. The van der Waals surface area contributed by atoms with Gasteiger partial charge in [0.1, 0.15) is 12.1 Å². The van der Waals surface area contributed by atoms with Gasteiger partial charge in [-0.15, -0.1) is 0 Å². The quantitative estimate of drug-likeness (QED) is 0.935. The van der Waals surface area contributed by atoms with Gasteiger partial charge in [0.15, 0.2) is 5.65 Å². The summed E-state index contributed by atoms with van der Waals surface area (Å²) in [5.41, 5.74) is 2.05. The van der Waals surface area contributed by atoms with E-state index in [-0.39, 0.29) is 0 Å². The van der Waals surface area contributed by atoms with E-state index in [0.717, 1.165) is 49.6 Å². The Kier molecular flexibility index (Phi) is 3.48. The monoisotopic (exact) mass is 299 g/mol. The highest BCUT2D eigenvalue weighted by Gasteiger charge is 2.31. The number of H-pyrrole nitrogens is 1. The van der Waals surface area contributed by atoms with Gasteiger partial charge in [0.25, 0.3) is 0 Å². The molecule has 0 atom stereocenters. The summed E-state index contributed by atoms with van der Waals surface area (Å²) in [5.74, 6) is 3.15. The Bertz CT molecular complexity index is 652. The van der Waals surface area contributed by atoms with Crippen molar-refractivity contribution in [3.63, 3.8) is 0 Å². The van der Waals surface area contributed by atoms with Crippen molar-refractivity contribution in [2.45, 2.75) is 32.6 Å². The maximum Gasteiger partial charge on any atom is 0.161 e. The largest absolute Gasteiger partial charge is 0.353 e. The van der Waals surface area contributed by atoms with Gasteiger partial charge in [-0.1, -0.05) is 13.8 Å². The van der Waals surface area contributed by atoms with Crippen molar-refractivity contribution in [3.05, 3.63) is 17.9 Å². The maximum absolute atomic E-state index is 4.59. The minimum absolute atomic E-state index is 0.608. The van der Waals surface area contributed by atoms with Crippen LogP contribution in [0.25, 0.3) is 11.0 Å². The number of anilines is 1. The molecule has 22 heavy (non-hydrogen) atoms. The molecule has 2 aromatic heterocycles. The molecule has 1 saturated heterocycles. The summed E-state index contributed by atoms with van der Waals surface area (Å²) in [6.45, 7) is 9.73. The average Bonchev–Trinajstić information content (AvgIpc) is 3.26. The van der Waals surface area contributed by atoms with Gasteiger partial charge in [-0.2, -0.15) is 5.10 Å². The Morgan fingerprint density at radius 1 is 1.18 bits per heavy atom. The predicted octanol–water partition coefficient (Wildman–Crippen LogP) is 1.97. The van der Waals surface area contributed by atoms with E-state index in [0.29, 0.717) is 5.92 Å². The lowest BCUT2D eigenvalue weighted by molar-refractivity contribution is 0.267. The maximum atomic E-state index is 4.59. The standard InChI is InChI=1S/C16H23N6/c1-11(2)9-21-5-7-22(8-6-21)16-13-14(12-3-4-12)19-20-15(13)17-10-18-16/h10,12H,3-9H2,1-2H3,(H,17,18,19,20). The van der Waals surface area contributed by atoms with Crippen molar-refractivity contribution in [1.82, 2.24) is 25.1 Å². The topological polar surface area (TPSA) is 60.9 Å². The number of aromatic amines is 1. The molecule has 2 fully saturated rings. The molecule has 6 heteroatoms. The smallest absolute Gasteiger partial charge is 0.161 e. The summed E-state index contributed by atoms with van der Waals surface area (Å²) in [7, 11) is 0. The Morgan fingerprint density at radius 3 is 2.64 bits per heavy atom. The molecule has 0 aromatic carbocycles. The second-order valence-corrected chi connectivity index (χ2v) is 6.77. The van der Waals surface area contributed by atoms with Crippen molar-refractivity contribution in [1.29, 1.82) is 0 Å². The van der Waals surface area contributed by atoms with Crippen LogP contribution in [-0.2, 0) is 0 Å². The molecule has 117 valence electrons. The van der Waals surface area contributed by atoms with Crippen LogP contribution in [0.3, 0.4) is 0 Å². The number of nitrogens with one attached hydrogen (secondary N) is 1. The van der Waals surface area contributed by atoms with Crippen molar-refractivity contribution in [2.24, 2.45) is 0 Å². The zero-order valence-corrected chi connectivity index (χ0v) is 13.3. The second kappa shape index (κ2) is 5.50. The van der Waals surface area contributed by atoms with E-state index in [2.05, 4.69) is 43.8 Å². The van der Waals surface area contributed by atoms with E-state index in [9.17, 15) is 0 Å². The molecule has 3 heterocycles. The lowest BCUT2D eigenvalue weighted by Crippen LogP contribution is -2.47. The van der Waals surface area contributed by atoms with Gasteiger partial charge >= 0.3 is 0 Å². The number of aromatic nitrogens is 4. The third kappa shape index (κ3) is 2.56. The summed E-state index contributed by atoms with van der Waals surface area (Å²) in [6.07, 6.45) is 4.14. The molecule has 4 rings (SSSR count). The highest BCUT2D eigenvalue weighted by atomic mass is 15.3. The average molecular weight is 299 g/mol. The minimum atomic E-state index is 0.608. The van der Waals surface area contributed by atoms with Crippen molar-refractivity contribution in [2.75, 3.05) is 37.6 Å². The van der Waals surface area contributed by atoms with Crippen molar-refractivity contribution < 1.29 is 0 Å². The summed E-state index contributed by atoms with van der Waals surface area (Å²) in [5, 5.41) is 8.73.